The van der Waals surface area contributed by atoms with E-state index in [1.165, 1.54) is 41.0 Å². The number of carbonyl (C=O) groups excluding carboxylic acids is 2. The average molecular weight is 374 g/mol. The summed E-state index contributed by atoms with van der Waals surface area (Å²) in [6, 6.07) is 5.89. The van der Waals surface area contributed by atoms with Crippen molar-refractivity contribution in [2.45, 2.75) is 6.61 Å². The van der Waals surface area contributed by atoms with E-state index < -0.39 is 5.97 Å². The Bertz CT molecular complexity index is 1010. The van der Waals surface area contributed by atoms with E-state index in [1.54, 1.807) is 17.6 Å². The summed E-state index contributed by atoms with van der Waals surface area (Å²) in [7, 11) is 1.43. The summed E-state index contributed by atoms with van der Waals surface area (Å²) in [5.41, 5.74) is 0.551. The van der Waals surface area contributed by atoms with Gasteiger partial charge in [-0.2, -0.15) is 0 Å². The van der Waals surface area contributed by atoms with Crippen molar-refractivity contribution in [3.8, 4) is 11.5 Å². The number of hydrogen-bond acceptors (Lipinski definition) is 8. The molecule has 9 heteroatoms. The molecule has 0 aliphatic carbocycles. The summed E-state index contributed by atoms with van der Waals surface area (Å²) in [5.74, 6) is 0.0198. The van der Waals surface area contributed by atoms with Crippen LogP contribution in [-0.2, 0) is 16.1 Å². The second-order valence-electron chi connectivity index (χ2n) is 5.12. The highest BCUT2D eigenvalue weighted by atomic mass is 32.1. The van der Waals surface area contributed by atoms with Crippen LogP contribution in [0, 0.1) is 0 Å². The van der Waals surface area contributed by atoms with Gasteiger partial charge in [-0.05, 0) is 18.2 Å². The number of esters is 1. The van der Waals surface area contributed by atoms with Crippen molar-refractivity contribution in [3.63, 3.8) is 0 Å². The first-order valence-electron chi connectivity index (χ1n) is 7.48. The van der Waals surface area contributed by atoms with Crippen molar-refractivity contribution < 1.29 is 23.8 Å². The first kappa shape index (κ1) is 17.6. The second kappa shape index (κ2) is 7.79. The highest BCUT2D eigenvalue weighted by molar-refractivity contribution is 7.15. The summed E-state index contributed by atoms with van der Waals surface area (Å²) in [6.45, 7) is -0.482. The van der Waals surface area contributed by atoms with Crippen molar-refractivity contribution in [2.75, 3.05) is 13.7 Å². The van der Waals surface area contributed by atoms with E-state index >= 15 is 0 Å². The summed E-state index contributed by atoms with van der Waals surface area (Å²) in [6.07, 6.45) is 2.31. The Morgan fingerprint density at radius 2 is 2.15 bits per heavy atom. The van der Waals surface area contributed by atoms with E-state index in [1.807, 2.05) is 0 Å². The van der Waals surface area contributed by atoms with Crippen molar-refractivity contribution in [1.29, 1.82) is 0 Å². The molecule has 134 valence electrons. The lowest BCUT2D eigenvalue weighted by Gasteiger charge is -2.10. The van der Waals surface area contributed by atoms with Crippen molar-refractivity contribution in [1.82, 2.24) is 9.38 Å². The molecule has 0 saturated heterocycles. The quantitative estimate of drug-likeness (QED) is 0.459. The van der Waals surface area contributed by atoms with Crippen LogP contribution in [0.5, 0.6) is 11.5 Å². The van der Waals surface area contributed by atoms with Gasteiger partial charge in [0, 0.05) is 23.2 Å². The maximum absolute atomic E-state index is 11.9. The van der Waals surface area contributed by atoms with Crippen LogP contribution in [0.25, 0.3) is 4.96 Å². The van der Waals surface area contributed by atoms with Crippen LogP contribution in [0.2, 0.25) is 0 Å². The number of fused-ring (bicyclic) bond motifs is 1. The number of carbonyl (C=O) groups is 2. The van der Waals surface area contributed by atoms with Gasteiger partial charge < -0.3 is 14.2 Å². The highest BCUT2D eigenvalue weighted by Gasteiger charge is 2.11. The fraction of sp³-hybridized carbons (Fsp3) is 0.176. The molecule has 26 heavy (non-hydrogen) atoms. The van der Waals surface area contributed by atoms with Crippen LogP contribution in [0.4, 0.5) is 0 Å². The fourth-order valence-electron chi connectivity index (χ4n) is 2.17. The van der Waals surface area contributed by atoms with Gasteiger partial charge in [0.15, 0.2) is 23.1 Å². The summed E-state index contributed by atoms with van der Waals surface area (Å²) in [5, 5.41) is 1.75. The molecule has 0 aliphatic heterocycles. The van der Waals surface area contributed by atoms with Crippen molar-refractivity contribution >= 4 is 28.6 Å². The molecule has 0 unspecified atom stereocenters. The number of ether oxygens (including phenoxy) is 3. The minimum atomic E-state index is -0.625. The van der Waals surface area contributed by atoms with Crippen LogP contribution >= 0.6 is 11.3 Å². The summed E-state index contributed by atoms with van der Waals surface area (Å²) in [4.78, 5) is 39.3. The number of rotatable bonds is 7. The number of methoxy groups -OCH3 is 1. The van der Waals surface area contributed by atoms with Crippen molar-refractivity contribution in [2.24, 2.45) is 0 Å². The molecule has 2 aromatic heterocycles. The molecule has 0 atom stereocenters. The first-order valence-corrected chi connectivity index (χ1v) is 8.36. The van der Waals surface area contributed by atoms with Gasteiger partial charge in [-0.25, -0.2) is 9.78 Å². The SMILES string of the molecule is COc1cc(C=O)ccc1OCC(=O)OCc1cc(=O)n2ccsc2n1. The van der Waals surface area contributed by atoms with Gasteiger partial charge in [-0.1, -0.05) is 0 Å². The molecule has 0 fully saturated rings. The van der Waals surface area contributed by atoms with Crippen LogP contribution in [-0.4, -0.2) is 35.4 Å². The molecule has 3 rings (SSSR count). The fourth-order valence-corrected chi connectivity index (χ4v) is 2.91. The lowest BCUT2D eigenvalue weighted by molar-refractivity contribution is -0.147. The molecule has 0 bridgehead atoms. The van der Waals surface area contributed by atoms with Gasteiger partial charge in [0.2, 0.25) is 0 Å². The van der Waals surface area contributed by atoms with E-state index in [0.717, 1.165) is 0 Å². The van der Waals surface area contributed by atoms with E-state index in [0.29, 0.717) is 34.0 Å². The third-order valence-corrected chi connectivity index (χ3v) is 4.16. The van der Waals surface area contributed by atoms with E-state index in [4.69, 9.17) is 14.2 Å². The number of aldehydes is 1. The molecule has 0 saturated carbocycles. The molecular formula is C17H14N2O6S. The van der Waals surface area contributed by atoms with Crippen molar-refractivity contribution in [3.05, 3.63) is 57.5 Å². The normalized spacial score (nSPS) is 10.5. The van der Waals surface area contributed by atoms with E-state index in [2.05, 4.69) is 4.98 Å². The third-order valence-electron chi connectivity index (χ3n) is 3.41. The zero-order valence-corrected chi connectivity index (χ0v) is 14.5. The highest BCUT2D eigenvalue weighted by Crippen LogP contribution is 2.27. The smallest absolute Gasteiger partial charge is 0.344 e. The topological polar surface area (TPSA) is 96.2 Å². The predicted molar refractivity (Wildman–Crippen MR) is 93.0 cm³/mol. The van der Waals surface area contributed by atoms with E-state index in [9.17, 15) is 14.4 Å². The monoisotopic (exact) mass is 374 g/mol. The molecule has 0 radical (unpaired) electrons. The number of aromatic nitrogens is 2. The molecule has 0 N–H and O–H groups in total. The molecule has 2 heterocycles. The standard InChI is InChI=1S/C17H14N2O6S/c1-23-14-6-11(8-20)2-3-13(14)24-10-16(22)25-9-12-7-15(21)19-4-5-26-17(19)18-12/h2-8H,9-10H2,1H3. The number of nitrogens with zero attached hydrogens (tertiary/aromatic N) is 2. The molecule has 8 nitrogen and oxygen atoms in total. The first-order chi connectivity index (χ1) is 12.6. The predicted octanol–water partition coefficient (Wildman–Crippen LogP) is 1.70. The van der Waals surface area contributed by atoms with Gasteiger partial charge in [0.25, 0.3) is 5.56 Å². The number of benzene rings is 1. The Morgan fingerprint density at radius 3 is 2.92 bits per heavy atom. The number of hydrogen-bond donors (Lipinski definition) is 0. The zero-order chi connectivity index (χ0) is 18.5. The second-order valence-corrected chi connectivity index (χ2v) is 5.99. The summed E-state index contributed by atoms with van der Waals surface area (Å²) >= 11 is 1.31. The maximum Gasteiger partial charge on any atom is 0.344 e. The van der Waals surface area contributed by atoms with Gasteiger partial charge in [0.05, 0.1) is 12.8 Å². The molecule has 0 amide bonds. The van der Waals surface area contributed by atoms with Gasteiger partial charge in [0.1, 0.15) is 12.9 Å². The average Bonchev–Trinajstić information content (AvgIpc) is 3.13. The molecule has 0 spiro atoms. The number of thiazole rings is 1. The Balaban J connectivity index is 1.59. The lowest BCUT2D eigenvalue weighted by Crippen LogP contribution is -2.17. The van der Waals surface area contributed by atoms with Crippen LogP contribution < -0.4 is 15.0 Å². The Kier molecular flexibility index (Phi) is 5.28. The van der Waals surface area contributed by atoms with Gasteiger partial charge in [-0.15, -0.1) is 11.3 Å². The Labute approximate surface area is 151 Å². The Hall–Kier alpha value is -3.20. The molecular weight excluding hydrogens is 360 g/mol. The minimum Gasteiger partial charge on any atom is -0.493 e. The minimum absolute atomic E-state index is 0.132. The molecule has 1 aromatic carbocycles. The van der Waals surface area contributed by atoms with Crippen LogP contribution in [0.15, 0.2) is 40.6 Å². The molecule has 3 aromatic rings. The van der Waals surface area contributed by atoms with Gasteiger partial charge in [-0.3, -0.25) is 14.0 Å². The summed E-state index contributed by atoms with van der Waals surface area (Å²) < 4.78 is 17.0. The zero-order valence-electron chi connectivity index (χ0n) is 13.7. The maximum atomic E-state index is 11.9. The Morgan fingerprint density at radius 1 is 1.31 bits per heavy atom. The van der Waals surface area contributed by atoms with E-state index in [-0.39, 0.29) is 18.8 Å². The molecule has 0 aliphatic rings. The third kappa shape index (κ3) is 3.89. The van der Waals surface area contributed by atoms with Gasteiger partial charge >= 0.3 is 5.97 Å². The lowest BCUT2D eigenvalue weighted by atomic mass is 10.2. The largest absolute Gasteiger partial charge is 0.493 e. The van der Waals surface area contributed by atoms with Crippen LogP contribution in [0.1, 0.15) is 16.1 Å². The van der Waals surface area contributed by atoms with Crippen LogP contribution in [0.3, 0.4) is 0 Å².